The van der Waals surface area contributed by atoms with Crippen LogP contribution in [-0.4, -0.2) is 37.9 Å². The molecule has 0 aromatic heterocycles. The highest BCUT2D eigenvalue weighted by atomic mass is 16.5. The molecule has 0 amide bonds. The largest absolute Gasteiger partial charge is 0.487 e. The van der Waals surface area contributed by atoms with E-state index in [4.69, 9.17) is 14.2 Å². The molecule has 0 bridgehead atoms. The predicted octanol–water partition coefficient (Wildman–Crippen LogP) is 1.93. The van der Waals surface area contributed by atoms with Crippen LogP contribution in [-0.2, 0) is 16.0 Å². The van der Waals surface area contributed by atoms with E-state index < -0.39 is 5.54 Å². The third-order valence-electron chi connectivity index (χ3n) is 3.76. The first kappa shape index (κ1) is 15.6. The summed E-state index contributed by atoms with van der Waals surface area (Å²) in [7, 11) is 3.07. The predicted molar refractivity (Wildman–Crippen MR) is 79.8 cm³/mol. The van der Waals surface area contributed by atoms with E-state index in [2.05, 4.69) is 5.32 Å². The van der Waals surface area contributed by atoms with Gasteiger partial charge in [0, 0.05) is 12.0 Å². The van der Waals surface area contributed by atoms with E-state index in [1.165, 1.54) is 7.11 Å². The molecule has 2 rings (SSSR count). The van der Waals surface area contributed by atoms with E-state index in [-0.39, 0.29) is 18.2 Å². The summed E-state index contributed by atoms with van der Waals surface area (Å²) in [6.07, 6.45) is 0.847. The summed E-state index contributed by atoms with van der Waals surface area (Å²) < 4.78 is 16.6. The molecule has 0 fully saturated rings. The van der Waals surface area contributed by atoms with Crippen LogP contribution in [0.5, 0.6) is 11.5 Å². The van der Waals surface area contributed by atoms with Crippen LogP contribution in [0.4, 0.5) is 0 Å². The lowest BCUT2D eigenvalue weighted by Gasteiger charge is -2.26. The SMILES string of the molecule is CNC(C)(COc1cccc2c1OC(C)(C)C2)C(=O)OC. The van der Waals surface area contributed by atoms with E-state index in [1.807, 2.05) is 32.0 Å². The Hall–Kier alpha value is -1.75. The molecule has 5 nitrogen and oxygen atoms in total. The van der Waals surface area contributed by atoms with Crippen molar-refractivity contribution in [2.75, 3.05) is 20.8 Å². The summed E-state index contributed by atoms with van der Waals surface area (Å²) in [6, 6.07) is 5.83. The lowest BCUT2D eigenvalue weighted by molar-refractivity contribution is -0.149. The van der Waals surface area contributed by atoms with E-state index in [9.17, 15) is 4.79 Å². The zero-order valence-corrected chi connectivity index (χ0v) is 13.3. The maximum absolute atomic E-state index is 11.8. The number of esters is 1. The number of benzene rings is 1. The van der Waals surface area contributed by atoms with Crippen LogP contribution in [0.1, 0.15) is 26.3 Å². The van der Waals surface area contributed by atoms with E-state index >= 15 is 0 Å². The number of hydrogen-bond donors (Lipinski definition) is 1. The topological polar surface area (TPSA) is 56.8 Å². The van der Waals surface area contributed by atoms with Gasteiger partial charge in [-0.25, -0.2) is 4.79 Å². The molecule has 0 radical (unpaired) electrons. The van der Waals surface area contributed by atoms with Gasteiger partial charge in [-0.15, -0.1) is 0 Å². The standard InChI is InChI=1S/C16H23NO4/c1-15(2)9-11-7-6-8-12(13(11)21-15)20-10-16(3,17-4)14(18)19-5/h6-8,17H,9-10H2,1-5H3. The third kappa shape index (κ3) is 3.13. The average Bonchev–Trinajstić information content (AvgIpc) is 2.78. The van der Waals surface area contributed by atoms with Gasteiger partial charge in [-0.3, -0.25) is 0 Å². The molecule has 1 aromatic rings. The number of carbonyl (C=O) groups excluding carboxylic acids is 1. The Morgan fingerprint density at radius 1 is 1.48 bits per heavy atom. The third-order valence-corrected chi connectivity index (χ3v) is 3.76. The number of ether oxygens (including phenoxy) is 3. The molecule has 0 saturated carbocycles. The van der Waals surface area contributed by atoms with Crippen LogP contribution in [0, 0.1) is 0 Å². The van der Waals surface area contributed by atoms with Gasteiger partial charge in [-0.05, 0) is 33.9 Å². The van der Waals surface area contributed by atoms with Crippen LogP contribution in [0.2, 0.25) is 0 Å². The second-order valence-corrected chi connectivity index (χ2v) is 6.15. The lowest BCUT2D eigenvalue weighted by Crippen LogP contribution is -2.52. The highest BCUT2D eigenvalue weighted by Crippen LogP contribution is 2.41. The number of likely N-dealkylation sites (N-methyl/N-ethyl adjacent to an activating group) is 1. The molecule has 0 aliphatic carbocycles. The first-order valence-electron chi connectivity index (χ1n) is 7.02. The normalized spacial score (nSPS) is 18.3. The first-order chi connectivity index (χ1) is 9.81. The fraction of sp³-hybridized carbons (Fsp3) is 0.562. The van der Waals surface area contributed by atoms with Gasteiger partial charge >= 0.3 is 5.97 Å². The minimum Gasteiger partial charge on any atom is -0.487 e. The maximum atomic E-state index is 11.8. The van der Waals surface area contributed by atoms with Gasteiger partial charge < -0.3 is 19.5 Å². The number of nitrogens with one attached hydrogen (secondary N) is 1. The molecule has 1 aromatic carbocycles. The van der Waals surface area contributed by atoms with Crippen LogP contribution in [0.25, 0.3) is 0 Å². The number of methoxy groups -OCH3 is 1. The molecule has 1 N–H and O–H groups in total. The van der Waals surface area contributed by atoms with Crippen LogP contribution in [0.3, 0.4) is 0 Å². The Morgan fingerprint density at radius 3 is 2.81 bits per heavy atom. The first-order valence-corrected chi connectivity index (χ1v) is 7.02. The van der Waals surface area contributed by atoms with Crippen molar-refractivity contribution in [3.8, 4) is 11.5 Å². The zero-order chi connectivity index (χ0) is 15.7. The van der Waals surface area contributed by atoms with Crippen molar-refractivity contribution in [3.05, 3.63) is 23.8 Å². The molecule has 1 heterocycles. The fourth-order valence-electron chi connectivity index (χ4n) is 2.38. The van der Waals surface area contributed by atoms with Crippen molar-refractivity contribution < 1.29 is 19.0 Å². The number of para-hydroxylation sites is 1. The van der Waals surface area contributed by atoms with Crippen LogP contribution in [0.15, 0.2) is 18.2 Å². The monoisotopic (exact) mass is 293 g/mol. The quantitative estimate of drug-likeness (QED) is 0.841. The summed E-state index contributed by atoms with van der Waals surface area (Å²) >= 11 is 0. The van der Waals surface area contributed by atoms with Gasteiger partial charge in [0.1, 0.15) is 17.7 Å². The molecule has 1 aliphatic heterocycles. The summed E-state index contributed by atoms with van der Waals surface area (Å²) in [5, 5.41) is 2.94. The number of fused-ring (bicyclic) bond motifs is 1. The molecular weight excluding hydrogens is 270 g/mol. The Bertz CT molecular complexity index is 541. The zero-order valence-electron chi connectivity index (χ0n) is 13.3. The number of carbonyl (C=O) groups is 1. The Balaban J connectivity index is 2.16. The van der Waals surface area contributed by atoms with Crippen molar-refractivity contribution in [1.29, 1.82) is 0 Å². The molecule has 5 heteroatoms. The molecular formula is C16H23NO4. The average molecular weight is 293 g/mol. The van der Waals surface area contributed by atoms with E-state index in [0.717, 1.165) is 17.7 Å². The van der Waals surface area contributed by atoms with Crippen molar-refractivity contribution in [1.82, 2.24) is 5.32 Å². The lowest BCUT2D eigenvalue weighted by atomic mass is 10.0. The number of rotatable bonds is 5. The van der Waals surface area contributed by atoms with E-state index in [0.29, 0.717) is 5.75 Å². The molecule has 0 spiro atoms. The van der Waals surface area contributed by atoms with Crippen molar-refractivity contribution in [2.24, 2.45) is 0 Å². The molecule has 1 aliphatic rings. The Labute approximate surface area is 125 Å². The highest BCUT2D eigenvalue weighted by Gasteiger charge is 2.36. The highest BCUT2D eigenvalue weighted by molar-refractivity contribution is 5.80. The second kappa shape index (κ2) is 5.56. The Morgan fingerprint density at radius 2 is 2.19 bits per heavy atom. The molecule has 1 unspecified atom stereocenters. The number of hydrogen-bond acceptors (Lipinski definition) is 5. The maximum Gasteiger partial charge on any atom is 0.329 e. The molecule has 1 atom stereocenters. The molecule has 21 heavy (non-hydrogen) atoms. The minimum absolute atomic E-state index is 0.163. The van der Waals surface area contributed by atoms with Gasteiger partial charge in [0.05, 0.1) is 7.11 Å². The summed E-state index contributed by atoms with van der Waals surface area (Å²) in [5.74, 6) is 1.06. The fourth-order valence-corrected chi connectivity index (χ4v) is 2.38. The van der Waals surface area contributed by atoms with E-state index in [1.54, 1.807) is 14.0 Å². The smallest absolute Gasteiger partial charge is 0.329 e. The summed E-state index contributed by atoms with van der Waals surface area (Å²) in [4.78, 5) is 11.8. The second-order valence-electron chi connectivity index (χ2n) is 6.15. The summed E-state index contributed by atoms with van der Waals surface area (Å²) in [6.45, 7) is 6.00. The van der Waals surface area contributed by atoms with Crippen molar-refractivity contribution in [2.45, 2.75) is 38.3 Å². The van der Waals surface area contributed by atoms with Gasteiger partial charge in [0.2, 0.25) is 0 Å². The van der Waals surface area contributed by atoms with Crippen molar-refractivity contribution in [3.63, 3.8) is 0 Å². The minimum atomic E-state index is -0.897. The van der Waals surface area contributed by atoms with Gasteiger partial charge in [0.25, 0.3) is 0 Å². The van der Waals surface area contributed by atoms with Crippen molar-refractivity contribution >= 4 is 5.97 Å². The van der Waals surface area contributed by atoms with Crippen LogP contribution < -0.4 is 14.8 Å². The van der Waals surface area contributed by atoms with Crippen LogP contribution >= 0.6 is 0 Å². The molecule has 116 valence electrons. The summed E-state index contributed by atoms with van der Waals surface area (Å²) in [5.41, 5.74) is 0.00364. The van der Waals surface area contributed by atoms with Gasteiger partial charge in [-0.1, -0.05) is 12.1 Å². The van der Waals surface area contributed by atoms with Gasteiger partial charge in [-0.2, -0.15) is 0 Å². The Kier molecular flexibility index (Phi) is 4.14. The molecule has 0 saturated heterocycles. The van der Waals surface area contributed by atoms with Gasteiger partial charge in [0.15, 0.2) is 11.5 Å².